The quantitative estimate of drug-likeness (QED) is 0.649. The van der Waals surface area contributed by atoms with Crippen LogP contribution in [-0.2, 0) is 0 Å². The van der Waals surface area contributed by atoms with Gasteiger partial charge in [0.15, 0.2) is 0 Å². The van der Waals surface area contributed by atoms with Crippen LogP contribution in [0.2, 0.25) is 0 Å². The number of carbonyl (C=O) groups excluding carboxylic acids is 1. The van der Waals surface area contributed by atoms with Gasteiger partial charge in [-0.2, -0.15) is 0 Å². The van der Waals surface area contributed by atoms with Crippen LogP contribution in [-0.4, -0.2) is 19.1 Å². The Morgan fingerprint density at radius 3 is 2.65 bits per heavy atom. The maximum Gasteiger partial charge on any atom is 0.254 e. The molecule has 0 atom stereocenters. The molecular weight excluding hydrogens is 259 g/mol. The first-order chi connectivity index (χ1) is 9.66. The first-order valence-corrected chi connectivity index (χ1v) is 6.18. The van der Waals surface area contributed by atoms with Gasteiger partial charge in [-0.05, 0) is 30.3 Å². The van der Waals surface area contributed by atoms with Crippen LogP contribution in [0, 0.1) is 5.82 Å². The topological polar surface area (TPSA) is 64.4 Å². The summed E-state index contributed by atoms with van der Waals surface area (Å²) in [5, 5.41) is 2.58. The van der Waals surface area contributed by atoms with Gasteiger partial charge in [-0.25, -0.2) is 4.39 Å². The predicted octanol–water partition coefficient (Wildman–Crippen LogP) is 2.22. The fourth-order valence-corrected chi connectivity index (χ4v) is 1.66. The van der Waals surface area contributed by atoms with Gasteiger partial charge in [0.2, 0.25) is 0 Å². The predicted molar refractivity (Wildman–Crippen MR) is 75.1 cm³/mol. The number of hydrogen-bond acceptors (Lipinski definition) is 3. The number of rotatable bonds is 5. The van der Waals surface area contributed by atoms with Crippen molar-refractivity contribution < 1.29 is 13.9 Å². The molecule has 0 fully saturated rings. The number of nitrogens with two attached hydrogens (primary N) is 1. The summed E-state index contributed by atoms with van der Waals surface area (Å²) in [6.07, 6.45) is 0. The monoisotopic (exact) mass is 274 g/mol. The average molecular weight is 274 g/mol. The van der Waals surface area contributed by atoms with Gasteiger partial charge in [-0.1, -0.05) is 18.2 Å². The Kier molecular flexibility index (Phi) is 4.55. The SMILES string of the molecule is Nc1ccc(C(=O)NCCOc2ccccc2)c(F)c1. The van der Waals surface area contributed by atoms with Crippen molar-refractivity contribution >= 4 is 11.6 Å². The van der Waals surface area contributed by atoms with Crippen LogP contribution in [0.25, 0.3) is 0 Å². The molecule has 3 N–H and O–H groups in total. The number of amides is 1. The molecule has 0 radical (unpaired) electrons. The average Bonchev–Trinajstić information content (AvgIpc) is 2.44. The van der Waals surface area contributed by atoms with Gasteiger partial charge in [-0.15, -0.1) is 0 Å². The highest BCUT2D eigenvalue weighted by Gasteiger charge is 2.10. The van der Waals surface area contributed by atoms with E-state index in [1.165, 1.54) is 12.1 Å². The molecule has 0 aliphatic carbocycles. The third-order valence-corrected chi connectivity index (χ3v) is 2.64. The van der Waals surface area contributed by atoms with Gasteiger partial charge in [0, 0.05) is 5.69 Å². The fourth-order valence-electron chi connectivity index (χ4n) is 1.66. The van der Waals surface area contributed by atoms with E-state index in [0.29, 0.717) is 6.61 Å². The van der Waals surface area contributed by atoms with Gasteiger partial charge < -0.3 is 15.8 Å². The molecule has 5 heteroatoms. The number of nitrogens with one attached hydrogen (secondary N) is 1. The van der Waals surface area contributed by atoms with Crippen LogP contribution >= 0.6 is 0 Å². The molecule has 1 amide bonds. The van der Waals surface area contributed by atoms with Crippen molar-refractivity contribution in [1.29, 1.82) is 0 Å². The summed E-state index contributed by atoms with van der Waals surface area (Å²) in [6, 6.07) is 13.2. The highest BCUT2D eigenvalue weighted by molar-refractivity contribution is 5.94. The van der Waals surface area contributed by atoms with Crippen LogP contribution in [0.4, 0.5) is 10.1 Å². The lowest BCUT2D eigenvalue weighted by Gasteiger charge is -2.08. The van der Waals surface area contributed by atoms with Crippen molar-refractivity contribution in [3.63, 3.8) is 0 Å². The Bertz CT molecular complexity index is 588. The zero-order chi connectivity index (χ0) is 14.4. The minimum Gasteiger partial charge on any atom is -0.492 e. The Labute approximate surface area is 116 Å². The molecule has 0 saturated carbocycles. The largest absolute Gasteiger partial charge is 0.492 e. The maximum absolute atomic E-state index is 13.5. The lowest BCUT2D eigenvalue weighted by molar-refractivity contribution is 0.0943. The minimum atomic E-state index is -0.633. The smallest absolute Gasteiger partial charge is 0.254 e. The Morgan fingerprint density at radius 1 is 1.20 bits per heavy atom. The summed E-state index contributed by atoms with van der Waals surface area (Å²) in [6.45, 7) is 0.601. The third kappa shape index (κ3) is 3.71. The number of para-hydroxylation sites is 1. The van der Waals surface area contributed by atoms with Crippen LogP contribution in [0.3, 0.4) is 0 Å². The highest BCUT2D eigenvalue weighted by atomic mass is 19.1. The molecule has 0 bridgehead atoms. The van der Waals surface area contributed by atoms with E-state index >= 15 is 0 Å². The van der Waals surface area contributed by atoms with Crippen molar-refractivity contribution in [2.24, 2.45) is 0 Å². The summed E-state index contributed by atoms with van der Waals surface area (Å²) in [4.78, 5) is 11.7. The van der Waals surface area contributed by atoms with E-state index in [1.54, 1.807) is 0 Å². The molecule has 0 aromatic heterocycles. The van der Waals surface area contributed by atoms with Crippen molar-refractivity contribution in [2.75, 3.05) is 18.9 Å². The normalized spacial score (nSPS) is 10.1. The van der Waals surface area contributed by atoms with E-state index < -0.39 is 11.7 Å². The molecule has 4 nitrogen and oxygen atoms in total. The number of carbonyl (C=O) groups is 1. The number of benzene rings is 2. The molecule has 2 rings (SSSR count). The highest BCUT2D eigenvalue weighted by Crippen LogP contribution is 2.11. The van der Waals surface area contributed by atoms with E-state index in [1.807, 2.05) is 30.3 Å². The van der Waals surface area contributed by atoms with Gasteiger partial charge in [0.25, 0.3) is 5.91 Å². The Balaban J connectivity index is 1.80. The van der Waals surface area contributed by atoms with Crippen LogP contribution < -0.4 is 15.8 Å². The number of hydrogen-bond donors (Lipinski definition) is 2. The first-order valence-electron chi connectivity index (χ1n) is 6.18. The number of anilines is 1. The molecule has 0 aliphatic rings. The van der Waals surface area contributed by atoms with Gasteiger partial charge in [-0.3, -0.25) is 4.79 Å². The molecule has 2 aromatic carbocycles. The molecule has 2 aromatic rings. The van der Waals surface area contributed by atoms with E-state index in [-0.39, 0.29) is 17.8 Å². The summed E-state index contributed by atoms with van der Waals surface area (Å²) in [5.41, 5.74) is 5.68. The van der Waals surface area contributed by atoms with Crippen molar-refractivity contribution in [3.8, 4) is 5.75 Å². The van der Waals surface area contributed by atoms with E-state index in [2.05, 4.69) is 5.32 Å². The van der Waals surface area contributed by atoms with E-state index in [0.717, 1.165) is 11.8 Å². The van der Waals surface area contributed by atoms with Gasteiger partial charge >= 0.3 is 0 Å². The fraction of sp³-hybridized carbons (Fsp3) is 0.133. The second-order valence-electron chi connectivity index (χ2n) is 4.16. The summed E-state index contributed by atoms with van der Waals surface area (Å²) >= 11 is 0. The molecule has 104 valence electrons. The zero-order valence-corrected chi connectivity index (χ0v) is 10.8. The van der Waals surface area contributed by atoms with Crippen LogP contribution in [0.1, 0.15) is 10.4 Å². The van der Waals surface area contributed by atoms with Crippen LogP contribution in [0.15, 0.2) is 48.5 Å². The lowest BCUT2D eigenvalue weighted by Crippen LogP contribution is -2.28. The number of nitrogen functional groups attached to an aromatic ring is 1. The molecule has 0 unspecified atom stereocenters. The van der Waals surface area contributed by atoms with Crippen molar-refractivity contribution in [2.45, 2.75) is 0 Å². The Hall–Kier alpha value is -2.56. The molecule has 0 aliphatic heterocycles. The Morgan fingerprint density at radius 2 is 1.95 bits per heavy atom. The number of halogens is 1. The van der Waals surface area contributed by atoms with E-state index in [4.69, 9.17) is 10.5 Å². The van der Waals surface area contributed by atoms with E-state index in [9.17, 15) is 9.18 Å². The summed E-state index contributed by atoms with van der Waals surface area (Å²) in [5.74, 6) is -0.397. The van der Waals surface area contributed by atoms with Crippen molar-refractivity contribution in [3.05, 3.63) is 59.9 Å². The maximum atomic E-state index is 13.5. The van der Waals surface area contributed by atoms with Crippen molar-refractivity contribution in [1.82, 2.24) is 5.32 Å². The second kappa shape index (κ2) is 6.56. The number of ether oxygens (including phenoxy) is 1. The lowest BCUT2D eigenvalue weighted by atomic mass is 10.2. The molecule has 0 saturated heterocycles. The molecular formula is C15H15FN2O2. The van der Waals surface area contributed by atoms with Gasteiger partial charge in [0.05, 0.1) is 12.1 Å². The summed E-state index contributed by atoms with van der Waals surface area (Å²) in [7, 11) is 0. The molecule has 0 spiro atoms. The standard InChI is InChI=1S/C15H15FN2O2/c16-14-10-11(17)6-7-13(14)15(19)18-8-9-20-12-4-2-1-3-5-12/h1-7,10H,8-9,17H2,(H,18,19). The zero-order valence-electron chi connectivity index (χ0n) is 10.8. The molecule has 20 heavy (non-hydrogen) atoms. The van der Waals surface area contributed by atoms with Gasteiger partial charge in [0.1, 0.15) is 18.2 Å². The molecule has 0 heterocycles. The summed E-state index contributed by atoms with van der Waals surface area (Å²) < 4.78 is 18.9. The second-order valence-corrected chi connectivity index (χ2v) is 4.16. The van der Waals surface area contributed by atoms with Crippen LogP contribution in [0.5, 0.6) is 5.75 Å². The minimum absolute atomic E-state index is 0.0288. The third-order valence-electron chi connectivity index (χ3n) is 2.64. The first kappa shape index (κ1) is 13.9.